The van der Waals surface area contributed by atoms with E-state index in [4.69, 9.17) is 50.5 Å². The number of rotatable bonds is 3. The number of nitrogens with two attached hydrogens (primary N) is 1. The van der Waals surface area contributed by atoms with E-state index in [1.54, 1.807) is 30.3 Å². The molecule has 2 aromatic rings. The van der Waals surface area contributed by atoms with E-state index in [1.165, 1.54) is 6.07 Å². The number of halogens is 3. The lowest BCUT2D eigenvalue weighted by molar-refractivity contribution is 0.318. The van der Waals surface area contributed by atoms with Crippen LogP contribution in [0.15, 0.2) is 41.6 Å². The molecule has 0 aliphatic rings. The van der Waals surface area contributed by atoms with Crippen LogP contribution in [0, 0.1) is 0 Å². The first kappa shape index (κ1) is 14.8. The van der Waals surface area contributed by atoms with E-state index < -0.39 is 0 Å². The zero-order valence-electron chi connectivity index (χ0n) is 9.98. The lowest BCUT2D eigenvalue weighted by Gasteiger charge is -2.10. The van der Waals surface area contributed by atoms with Gasteiger partial charge in [-0.15, -0.1) is 0 Å². The smallest absolute Gasteiger partial charge is 0.170 e. The van der Waals surface area contributed by atoms with Gasteiger partial charge in [-0.3, -0.25) is 0 Å². The van der Waals surface area contributed by atoms with Crippen LogP contribution in [0.4, 0.5) is 0 Å². The lowest BCUT2D eigenvalue weighted by atomic mass is 10.2. The van der Waals surface area contributed by atoms with Crippen LogP contribution >= 0.6 is 34.8 Å². The van der Waals surface area contributed by atoms with Gasteiger partial charge in [0.2, 0.25) is 0 Å². The number of amidine groups is 1. The van der Waals surface area contributed by atoms with Crippen LogP contribution in [0.3, 0.4) is 0 Å². The van der Waals surface area contributed by atoms with E-state index in [2.05, 4.69) is 5.16 Å². The lowest BCUT2D eigenvalue weighted by Crippen LogP contribution is -2.12. The predicted molar refractivity (Wildman–Crippen MR) is 80.5 cm³/mol. The molecular weight excluding hydrogens is 323 g/mol. The van der Waals surface area contributed by atoms with Gasteiger partial charge in [-0.1, -0.05) is 40.0 Å². The minimum atomic E-state index is -0.0389. The molecule has 2 rings (SSSR count). The predicted octanol–water partition coefficient (Wildman–Crippen LogP) is 4.53. The summed E-state index contributed by atoms with van der Waals surface area (Å²) in [5, 5.41) is 12.7. The zero-order valence-corrected chi connectivity index (χ0v) is 12.2. The van der Waals surface area contributed by atoms with Crippen molar-refractivity contribution in [2.45, 2.75) is 0 Å². The van der Waals surface area contributed by atoms with Crippen molar-refractivity contribution in [3.05, 3.63) is 57.0 Å². The number of oxime groups is 1. The molecule has 3 N–H and O–H groups in total. The van der Waals surface area contributed by atoms with E-state index in [0.29, 0.717) is 32.1 Å². The Morgan fingerprint density at radius 3 is 2.15 bits per heavy atom. The second-order valence-electron chi connectivity index (χ2n) is 3.81. The Hall–Kier alpha value is -1.62. The summed E-state index contributed by atoms with van der Waals surface area (Å²) in [5.41, 5.74) is 5.95. The fraction of sp³-hybridized carbons (Fsp3) is 0. The molecule has 2 aromatic carbocycles. The number of nitrogens with zero attached hydrogens (tertiary/aromatic N) is 1. The van der Waals surface area contributed by atoms with Crippen LogP contribution in [0.1, 0.15) is 5.56 Å². The van der Waals surface area contributed by atoms with Gasteiger partial charge in [0.05, 0.1) is 10.0 Å². The molecule has 104 valence electrons. The molecule has 0 spiro atoms. The highest BCUT2D eigenvalue weighted by Crippen LogP contribution is 2.35. The SMILES string of the molecule is NC(=NO)c1ccc(Oc2ccc(Cl)cc2Cl)c(Cl)c1. The van der Waals surface area contributed by atoms with Crippen molar-refractivity contribution in [3.63, 3.8) is 0 Å². The van der Waals surface area contributed by atoms with Crippen LogP contribution < -0.4 is 10.5 Å². The number of hydrogen-bond donors (Lipinski definition) is 2. The molecule has 0 aliphatic heterocycles. The first-order chi connectivity index (χ1) is 9.51. The maximum Gasteiger partial charge on any atom is 0.170 e. The van der Waals surface area contributed by atoms with Gasteiger partial charge in [0.15, 0.2) is 5.84 Å². The average molecular weight is 332 g/mol. The molecule has 7 heteroatoms. The molecule has 0 saturated carbocycles. The normalized spacial score (nSPS) is 11.4. The molecule has 4 nitrogen and oxygen atoms in total. The van der Waals surface area contributed by atoms with Gasteiger partial charge in [0.25, 0.3) is 0 Å². The third-order valence-corrected chi connectivity index (χ3v) is 3.28. The van der Waals surface area contributed by atoms with E-state index >= 15 is 0 Å². The van der Waals surface area contributed by atoms with Crippen molar-refractivity contribution in [1.82, 2.24) is 0 Å². The van der Waals surface area contributed by atoms with Crippen LogP contribution in [0.2, 0.25) is 15.1 Å². The quantitative estimate of drug-likeness (QED) is 0.376. The Morgan fingerprint density at radius 1 is 1.00 bits per heavy atom. The summed E-state index contributed by atoms with van der Waals surface area (Å²) in [5.74, 6) is 0.780. The molecule has 0 aromatic heterocycles. The van der Waals surface area contributed by atoms with Gasteiger partial charge >= 0.3 is 0 Å². The largest absolute Gasteiger partial charge is 0.454 e. The molecule has 0 fully saturated rings. The summed E-state index contributed by atoms with van der Waals surface area (Å²) in [4.78, 5) is 0. The van der Waals surface area contributed by atoms with Crippen molar-refractivity contribution in [2.75, 3.05) is 0 Å². The van der Waals surface area contributed by atoms with E-state index in [0.717, 1.165) is 0 Å². The second-order valence-corrected chi connectivity index (χ2v) is 5.06. The van der Waals surface area contributed by atoms with Crippen LogP contribution in [0.25, 0.3) is 0 Å². The highest BCUT2D eigenvalue weighted by Gasteiger charge is 2.09. The van der Waals surface area contributed by atoms with Crippen molar-refractivity contribution in [2.24, 2.45) is 10.9 Å². The molecule has 0 radical (unpaired) electrons. The molecule has 0 atom stereocenters. The van der Waals surface area contributed by atoms with Crippen molar-refractivity contribution >= 4 is 40.6 Å². The van der Waals surface area contributed by atoms with Crippen LogP contribution in [-0.2, 0) is 0 Å². The molecule has 0 aliphatic carbocycles. The number of benzene rings is 2. The Balaban J connectivity index is 2.30. The summed E-state index contributed by atoms with van der Waals surface area (Å²) in [6.45, 7) is 0. The Labute approximate surface area is 130 Å². The van der Waals surface area contributed by atoms with E-state index in [1.807, 2.05) is 0 Å². The summed E-state index contributed by atoms with van der Waals surface area (Å²) in [6, 6.07) is 9.59. The highest BCUT2D eigenvalue weighted by atomic mass is 35.5. The fourth-order valence-corrected chi connectivity index (χ4v) is 2.14. The van der Waals surface area contributed by atoms with Gasteiger partial charge in [-0.05, 0) is 36.4 Å². The zero-order chi connectivity index (χ0) is 14.7. The van der Waals surface area contributed by atoms with Crippen molar-refractivity contribution in [3.8, 4) is 11.5 Å². The minimum Gasteiger partial charge on any atom is -0.454 e. The summed E-state index contributed by atoms with van der Waals surface area (Å²) < 4.78 is 5.60. The van der Waals surface area contributed by atoms with Crippen molar-refractivity contribution in [1.29, 1.82) is 0 Å². The summed E-state index contributed by atoms with van der Waals surface area (Å²) >= 11 is 17.9. The summed E-state index contributed by atoms with van der Waals surface area (Å²) in [6.07, 6.45) is 0. The van der Waals surface area contributed by atoms with Gasteiger partial charge in [-0.2, -0.15) is 0 Å². The Morgan fingerprint density at radius 2 is 1.60 bits per heavy atom. The van der Waals surface area contributed by atoms with Crippen LogP contribution in [0.5, 0.6) is 11.5 Å². The molecule has 0 bridgehead atoms. The third-order valence-electron chi connectivity index (χ3n) is 2.45. The molecule has 0 unspecified atom stereocenters. The molecule has 0 saturated heterocycles. The maximum absolute atomic E-state index is 8.60. The summed E-state index contributed by atoms with van der Waals surface area (Å²) in [7, 11) is 0. The first-order valence-electron chi connectivity index (χ1n) is 5.41. The Bertz CT molecular complexity index is 675. The van der Waals surface area contributed by atoms with Gasteiger partial charge < -0.3 is 15.7 Å². The Kier molecular flexibility index (Phi) is 4.60. The molecular formula is C13H9Cl3N2O2. The monoisotopic (exact) mass is 330 g/mol. The molecule has 0 heterocycles. The number of ether oxygens (including phenoxy) is 1. The van der Waals surface area contributed by atoms with Gasteiger partial charge in [-0.25, -0.2) is 0 Å². The topological polar surface area (TPSA) is 67.8 Å². The minimum absolute atomic E-state index is 0.0389. The standard InChI is InChI=1S/C13H9Cl3N2O2/c14-8-2-4-12(10(16)6-8)20-11-3-1-7(5-9(11)15)13(17)18-19/h1-6,19H,(H2,17,18). The fourth-order valence-electron chi connectivity index (χ4n) is 1.48. The number of hydrogen-bond acceptors (Lipinski definition) is 3. The third kappa shape index (κ3) is 3.28. The van der Waals surface area contributed by atoms with E-state index in [9.17, 15) is 0 Å². The maximum atomic E-state index is 8.60. The van der Waals surface area contributed by atoms with E-state index in [-0.39, 0.29) is 5.84 Å². The van der Waals surface area contributed by atoms with Crippen LogP contribution in [-0.4, -0.2) is 11.0 Å². The second kappa shape index (κ2) is 6.22. The highest BCUT2D eigenvalue weighted by molar-refractivity contribution is 6.35. The van der Waals surface area contributed by atoms with Gasteiger partial charge in [0.1, 0.15) is 11.5 Å². The first-order valence-corrected chi connectivity index (χ1v) is 6.55. The molecule has 0 amide bonds. The van der Waals surface area contributed by atoms with Crippen molar-refractivity contribution < 1.29 is 9.94 Å². The molecule has 20 heavy (non-hydrogen) atoms. The van der Waals surface area contributed by atoms with Gasteiger partial charge in [0, 0.05) is 10.6 Å². The average Bonchev–Trinajstić information content (AvgIpc) is 2.42.